The van der Waals surface area contributed by atoms with Crippen molar-refractivity contribution in [3.63, 3.8) is 0 Å². The summed E-state index contributed by atoms with van der Waals surface area (Å²) in [7, 11) is 0. The number of aromatic nitrogens is 4. The molecule has 0 aliphatic carbocycles. The molecule has 1 atom stereocenters. The Morgan fingerprint density at radius 2 is 2.00 bits per heavy atom. The molecule has 31 heavy (non-hydrogen) atoms. The van der Waals surface area contributed by atoms with Gasteiger partial charge in [-0.1, -0.05) is 6.07 Å². The lowest BCUT2D eigenvalue weighted by Gasteiger charge is -2.23. The smallest absolute Gasteiger partial charge is 0.201 e. The zero-order valence-corrected chi connectivity index (χ0v) is 16.4. The Hall–Kier alpha value is -3.46. The topological polar surface area (TPSA) is 64.9 Å². The SMILES string of the molecule is Fc1cc(Oc2cccc(F)c2F)ccc1-c1nn([C@@H]2CCCNC2)c2ncncc12. The number of ether oxygens (including phenoxy) is 1. The molecule has 0 unspecified atom stereocenters. The average Bonchev–Trinajstić information content (AvgIpc) is 3.17. The Balaban J connectivity index is 1.52. The van der Waals surface area contributed by atoms with Gasteiger partial charge in [0.05, 0.1) is 11.4 Å². The molecule has 1 N–H and O–H groups in total. The van der Waals surface area contributed by atoms with Gasteiger partial charge >= 0.3 is 0 Å². The first kappa shape index (κ1) is 19.5. The number of piperidine rings is 1. The Morgan fingerprint density at radius 3 is 2.81 bits per heavy atom. The van der Waals surface area contributed by atoms with E-state index in [1.54, 1.807) is 6.20 Å². The summed E-state index contributed by atoms with van der Waals surface area (Å²) in [6.07, 6.45) is 5.02. The third kappa shape index (κ3) is 3.61. The Morgan fingerprint density at radius 1 is 1.10 bits per heavy atom. The van der Waals surface area contributed by atoms with Crippen LogP contribution in [0.3, 0.4) is 0 Å². The molecule has 158 valence electrons. The number of benzene rings is 2. The molecular formula is C22H18F3N5O. The van der Waals surface area contributed by atoms with Gasteiger partial charge in [-0.05, 0) is 43.7 Å². The highest BCUT2D eigenvalue weighted by atomic mass is 19.2. The van der Waals surface area contributed by atoms with E-state index in [9.17, 15) is 8.78 Å². The number of fused-ring (bicyclic) bond motifs is 1. The lowest BCUT2D eigenvalue weighted by atomic mass is 10.1. The van der Waals surface area contributed by atoms with Crippen molar-refractivity contribution < 1.29 is 17.9 Å². The Kier molecular flexibility index (Phi) is 5.03. The Bertz CT molecular complexity index is 1250. The molecule has 5 rings (SSSR count). The number of rotatable bonds is 4. The number of hydrogen-bond acceptors (Lipinski definition) is 5. The van der Waals surface area contributed by atoms with E-state index in [1.165, 1.54) is 30.6 Å². The quantitative estimate of drug-likeness (QED) is 0.517. The van der Waals surface area contributed by atoms with Crippen LogP contribution in [-0.2, 0) is 0 Å². The molecule has 1 fully saturated rings. The molecule has 0 spiro atoms. The number of hydrogen-bond donors (Lipinski definition) is 1. The largest absolute Gasteiger partial charge is 0.454 e. The van der Waals surface area contributed by atoms with Crippen LogP contribution in [0.5, 0.6) is 11.5 Å². The maximum atomic E-state index is 15.0. The standard InChI is InChI=1S/C22H18F3N5O/c23-17-4-1-5-19(20(17)25)31-14-6-7-15(18(24)9-14)21-16-11-27-12-28-22(16)30(29-21)13-3-2-8-26-10-13/h1,4-7,9,11-13,26H,2-3,8,10H2/t13-/m1/s1. The lowest BCUT2D eigenvalue weighted by Crippen LogP contribution is -2.32. The summed E-state index contributed by atoms with van der Waals surface area (Å²) in [5, 5.41) is 8.65. The van der Waals surface area contributed by atoms with Crippen LogP contribution in [0.2, 0.25) is 0 Å². The van der Waals surface area contributed by atoms with Crippen LogP contribution in [0.4, 0.5) is 13.2 Å². The van der Waals surface area contributed by atoms with E-state index < -0.39 is 17.5 Å². The van der Waals surface area contributed by atoms with E-state index in [1.807, 2.05) is 4.68 Å². The third-order valence-corrected chi connectivity index (χ3v) is 5.33. The highest BCUT2D eigenvalue weighted by Gasteiger charge is 2.23. The van der Waals surface area contributed by atoms with Gasteiger partial charge < -0.3 is 10.1 Å². The molecule has 1 aliphatic rings. The molecule has 0 saturated carbocycles. The van der Waals surface area contributed by atoms with Gasteiger partial charge in [-0.2, -0.15) is 9.49 Å². The van der Waals surface area contributed by atoms with Crippen LogP contribution in [0.15, 0.2) is 48.9 Å². The molecule has 0 radical (unpaired) electrons. The molecular weight excluding hydrogens is 407 g/mol. The predicted octanol–water partition coefficient (Wildman–Crippen LogP) is 4.63. The van der Waals surface area contributed by atoms with Gasteiger partial charge in [-0.3, -0.25) is 0 Å². The fraction of sp³-hybridized carbons (Fsp3) is 0.227. The van der Waals surface area contributed by atoms with Crippen LogP contribution < -0.4 is 10.1 Å². The second kappa shape index (κ2) is 7.99. The van der Waals surface area contributed by atoms with Crippen LogP contribution >= 0.6 is 0 Å². The maximum absolute atomic E-state index is 15.0. The van der Waals surface area contributed by atoms with Crippen LogP contribution in [0.1, 0.15) is 18.9 Å². The van der Waals surface area contributed by atoms with Gasteiger partial charge in [-0.15, -0.1) is 0 Å². The fourth-order valence-corrected chi connectivity index (χ4v) is 3.82. The average molecular weight is 425 g/mol. The van der Waals surface area contributed by atoms with Crippen molar-refractivity contribution in [2.24, 2.45) is 0 Å². The van der Waals surface area contributed by atoms with Gasteiger partial charge in [-0.25, -0.2) is 23.4 Å². The molecule has 2 aromatic heterocycles. The summed E-state index contributed by atoms with van der Waals surface area (Å²) < 4.78 is 49.5. The van der Waals surface area contributed by atoms with E-state index in [0.29, 0.717) is 16.7 Å². The monoisotopic (exact) mass is 425 g/mol. The third-order valence-electron chi connectivity index (χ3n) is 5.33. The summed E-state index contributed by atoms with van der Waals surface area (Å²) >= 11 is 0. The molecule has 0 amide bonds. The zero-order chi connectivity index (χ0) is 21.4. The molecule has 6 nitrogen and oxygen atoms in total. The molecule has 3 heterocycles. The highest BCUT2D eigenvalue weighted by Crippen LogP contribution is 2.34. The highest BCUT2D eigenvalue weighted by molar-refractivity contribution is 5.90. The normalized spacial score (nSPS) is 16.5. The van der Waals surface area contributed by atoms with Crippen molar-refractivity contribution in [1.82, 2.24) is 25.1 Å². The predicted molar refractivity (Wildman–Crippen MR) is 108 cm³/mol. The van der Waals surface area contributed by atoms with E-state index in [4.69, 9.17) is 4.74 Å². The van der Waals surface area contributed by atoms with Crippen LogP contribution in [0.25, 0.3) is 22.3 Å². The lowest BCUT2D eigenvalue weighted by molar-refractivity contribution is 0.354. The summed E-state index contributed by atoms with van der Waals surface area (Å²) in [5.74, 6) is -3.05. The van der Waals surface area contributed by atoms with Crippen LogP contribution in [0, 0.1) is 17.5 Å². The molecule has 1 aliphatic heterocycles. The summed E-state index contributed by atoms with van der Waals surface area (Å²) in [4.78, 5) is 8.43. The number of nitrogens with zero attached hydrogens (tertiary/aromatic N) is 4. The number of nitrogens with one attached hydrogen (secondary N) is 1. The van der Waals surface area contributed by atoms with Crippen molar-refractivity contribution in [2.75, 3.05) is 13.1 Å². The molecule has 1 saturated heterocycles. The minimum absolute atomic E-state index is 0.0437. The molecule has 9 heteroatoms. The van der Waals surface area contributed by atoms with Crippen molar-refractivity contribution in [1.29, 1.82) is 0 Å². The van der Waals surface area contributed by atoms with Gasteiger partial charge in [0.25, 0.3) is 0 Å². The van der Waals surface area contributed by atoms with E-state index in [2.05, 4.69) is 20.4 Å². The van der Waals surface area contributed by atoms with Gasteiger partial charge in [0.1, 0.15) is 23.6 Å². The van der Waals surface area contributed by atoms with E-state index in [-0.39, 0.29) is 23.1 Å². The fourth-order valence-electron chi connectivity index (χ4n) is 3.82. The first-order valence-electron chi connectivity index (χ1n) is 9.92. The first-order chi connectivity index (χ1) is 15.1. The number of halogens is 3. The Labute approximate surface area is 175 Å². The van der Waals surface area contributed by atoms with Crippen molar-refractivity contribution in [3.8, 4) is 22.8 Å². The van der Waals surface area contributed by atoms with Gasteiger partial charge in [0, 0.05) is 24.4 Å². The molecule has 2 aromatic carbocycles. The minimum Gasteiger partial charge on any atom is -0.454 e. The van der Waals surface area contributed by atoms with Gasteiger partial charge in [0.2, 0.25) is 5.82 Å². The summed E-state index contributed by atoms with van der Waals surface area (Å²) in [5.41, 5.74) is 1.30. The first-order valence-corrected chi connectivity index (χ1v) is 9.92. The van der Waals surface area contributed by atoms with E-state index >= 15 is 4.39 Å². The minimum atomic E-state index is -1.13. The zero-order valence-electron chi connectivity index (χ0n) is 16.4. The van der Waals surface area contributed by atoms with Crippen LogP contribution in [-0.4, -0.2) is 32.8 Å². The second-order valence-electron chi connectivity index (χ2n) is 7.35. The second-order valence-corrected chi connectivity index (χ2v) is 7.35. The van der Waals surface area contributed by atoms with Gasteiger partial charge in [0.15, 0.2) is 17.2 Å². The molecule has 4 aromatic rings. The van der Waals surface area contributed by atoms with Crippen molar-refractivity contribution in [3.05, 3.63) is 66.4 Å². The van der Waals surface area contributed by atoms with E-state index in [0.717, 1.165) is 38.1 Å². The summed E-state index contributed by atoms with van der Waals surface area (Å²) in [6.45, 7) is 1.72. The van der Waals surface area contributed by atoms with Crippen molar-refractivity contribution in [2.45, 2.75) is 18.9 Å². The summed E-state index contributed by atoms with van der Waals surface area (Å²) in [6, 6.07) is 7.79. The van der Waals surface area contributed by atoms with Crippen molar-refractivity contribution >= 4 is 11.0 Å². The molecule has 0 bridgehead atoms. The maximum Gasteiger partial charge on any atom is 0.201 e.